The van der Waals surface area contributed by atoms with Gasteiger partial charge >= 0.3 is 0 Å². The maximum absolute atomic E-state index is 12.9. The quantitative estimate of drug-likeness (QED) is 0.758. The number of amides is 2. The normalized spacial score (nSPS) is 21.1. The highest BCUT2D eigenvalue weighted by molar-refractivity contribution is 6.07. The molecule has 2 atom stereocenters. The first-order chi connectivity index (χ1) is 13.7. The van der Waals surface area contributed by atoms with Crippen molar-refractivity contribution in [2.24, 2.45) is 5.92 Å². The zero-order chi connectivity index (χ0) is 19.1. The maximum Gasteiger partial charge on any atom is 0.227 e. The van der Waals surface area contributed by atoms with Crippen LogP contribution in [-0.2, 0) is 16.0 Å². The van der Waals surface area contributed by atoms with Crippen molar-refractivity contribution in [1.29, 1.82) is 0 Å². The van der Waals surface area contributed by atoms with Crippen molar-refractivity contribution in [3.63, 3.8) is 0 Å². The van der Waals surface area contributed by atoms with Crippen LogP contribution < -0.4 is 10.2 Å². The van der Waals surface area contributed by atoms with Gasteiger partial charge in [0.25, 0.3) is 0 Å². The molecule has 0 spiro atoms. The molecule has 4 heteroatoms. The molecule has 28 heavy (non-hydrogen) atoms. The Hall–Kier alpha value is -3.14. The summed E-state index contributed by atoms with van der Waals surface area (Å²) in [5.41, 5.74) is 3.42. The van der Waals surface area contributed by atoms with Gasteiger partial charge in [0.2, 0.25) is 11.8 Å². The number of carbonyl (C=O) groups excluding carboxylic acids is 2. The first-order valence-electron chi connectivity index (χ1n) is 9.87. The van der Waals surface area contributed by atoms with Crippen LogP contribution in [0.1, 0.15) is 30.0 Å². The average molecular weight is 370 g/mol. The van der Waals surface area contributed by atoms with Crippen molar-refractivity contribution in [1.82, 2.24) is 5.32 Å². The smallest absolute Gasteiger partial charge is 0.227 e. The van der Waals surface area contributed by atoms with Gasteiger partial charge in [-0.1, -0.05) is 60.7 Å². The zero-order valence-electron chi connectivity index (χ0n) is 15.6. The van der Waals surface area contributed by atoms with Crippen LogP contribution in [0.2, 0.25) is 0 Å². The van der Waals surface area contributed by atoms with Crippen molar-refractivity contribution < 1.29 is 9.59 Å². The molecule has 0 unspecified atom stereocenters. The molecule has 1 heterocycles. The SMILES string of the molecule is O=C(N[C@H]1CCc2ccccc21)[C@@H]1CC(=O)N(c2cccc3ccccc23)C1. The van der Waals surface area contributed by atoms with Gasteiger partial charge in [-0.2, -0.15) is 0 Å². The molecule has 3 aromatic rings. The molecular weight excluding hydrogens is 348 g/mol. The fourth-order valence-corrected chi connectivity index (χ4v) is 4.56. The van der Waals surface area contributed by atoms with Crippen molar-refractivity contribution in [3.8, 4) is 0 Å². The van der Waals surface area contributed by atoms with Gasteiger partial charge in [-0.15, -0.1) is 0 Å². The Balaban J connectivity index is 1.35. The molecule has 0 radical (unpaired) electrons. The number of rotatable bonds is 3. The van der Waals surface area contributed by atoms with E-state index in [0.717, 1.165) is 29.3 Å². The largest absolute Gasteiger partial charge is 0.349 e. The fourth-order valence-electron chi connectivity index (χ4n) is 4.56. The second kappa shape index (κ2) is 6.79. The standard InChI is InChI=1S/C24H22N2O2/c27-23-14-18(24(28)25-21-13-12-17-7-1-3-9-19(17)21)15-26(23)22-11-5-8-16-6-2-4-10-20(16)22/h1-11,18,21H,12-15H2,(H,25,28)/t18-,21+/m1/s1. The molecule has 0 aromatic heterocycles. The number of nitrogens with zero attached hydrogens (tertiary/aromatic N) is 1. The van der Waals surface area contributed by atoms with Gasteiger partial charge in [0.05, 0.1) is 17.6 Å². The van der Waals surface area contributed by atoms with Gasteiger partial charge in [-0.25, -0.2) is 0 Å². The summed E-state index contributed by atoms with van der Waals surface area (Å²) in [5.74, 6) is -0.305. The summed E-state index contributed by atoms with van der Waals surface area (Å²) in [6.07, 6.45) is 2.19. The minimum absolute atomic E-state index is 0.0159. The van der Waals surface area contributed by atoms with Gasteiger partial charge < -0.3 is 10.2 Å². The predicted molar refractivity (Wildman–Crippen MR) is 110 cm³/mol. The minimum Gasteiger partial charge on any atom is -0.349 e. The van der Waals surface area contributed by atoms with Gasteiger partial charge in [0.15, 0.2) is 0 Å². The third-order valence-electron chi connectivity index (χ3n) is 6.00. The van der Waals surface area contributed by atoms with Crippen molar-refractivity contribution in [2.75, 3.05) is 11.4 Å². The monoisotopic (exact) mass is 370 g/mol. The molecule has 1 aliphatic heterocycles. The Morgan fingerprint density at radius 1 is 0.964 bits per heavy atom. The van der Waals surface area contributed by atoms with Gasteiger partial charge in [-0.3, -0.25) is 9.59 Å². The van der Waals surface area contributed by atoms with E-state index in [4.69, 9.17) is 0 Å². The van der Waals surface area contributed by atoms with E-state index in [0.29, 0.717) is 6.54 Å². The van der Waals surface area contributed by atoms with E-state index in [-0.39, 0.29) is 30.2 Å². The van der Waals surface area contributed by atoms with Crippen molar-refractivity contribution in [2.45, 2.75) is 25.3 Å². The Morgan fingerprint density at radius 3 is 2.68 bits per heavy atom. The van der Waals surface area contributed by atoms with Crippen LogP contribution in [0.15, 0.2) is 66.7 Å². The number of anilines is 1. The molecule has 4 nitrogen and oxygen atoms in total. The number of hydrogen-bond acceptors (Lipinski definition) is 2. The molecule has 1 aliphatic carbocycles. The Morgan fingerprint density at radius 2 is 1.75 bits per heavy atom. The Kier molecular flexibility index (Phi) is 4.12. The van der Waals surface area contributed by atoms with Gasteiger partial charge in [-0.05, 0) is 35.4 Å². The maximum atomic E-state index is 12.9. The van der Waals surface area contributed by atoms with Crippen molar-refractivity contribution >= 4 is 28.3 Å². The van der Waals surface area contributed by atoms with Crippen LogP contribution >= 0.6 is 0 Å². The molecule has 5 rings (SSSR count). The molecule has 0 bridgehead atoms. The van der Waals surface area contributed by atoms with E-state index < -0.39 is 0 Å². The van der Waals surface area contributed by atoms with Crippen LogP contribution in [0, 0.1) is 5.92 Å². The fraction of sp³-hybridized carbons (Fsp3) is 0.250. The zero-order valence-corrected chi connectivity index (χ0v) is 15.6. The summed E-state index contributed by atoms with van der Waals surface area (Å²) in [6, 6.07) is 22.4. The van der Waals surface area contributed by atoms with Crippen molar-refractivity contribution in [3.05, 3.63) is 77.9 Å². The Bertz CT molecular complexity index is 1070. The summed E-state index contributed by atoms with van der Waals surface area (Å²) >= 11 is 0. The molecule has 3 aromatic carbocycles. The second-order valence-electron chi connectivity index (χ2n) is 7.70. The summed E-state index contributed by atoms with van der Waals surface area (Å²) < 4.78 is 0. The number of fused-ring (bicyclic) bond motifs is 2. The van der Waals surface area contributed by atoms with Crippen LogP contribution in [-0.4, -0.2) is 18.4 Å². The van der Waals surface area contributed by atoms with E-state index in [1.54, 1.807) is 4.90 Å². The van der Waals surface area contributed by atoms with E-state index >= 15 is 0 Å². The molecule has 1 fully saturated rings. The second-order valence-corrected chi connectivity index (χ2v) is 7.70. The third kappa shape index (κ3) is 2.85. The lowest BCUT2D eigenvalue weighted by molar-refractivity contribution is -0.127. The summed E-state index contributed by atoms with van der Waals surface area (Å²) in [7, 11) is 0. The molecule has 0 saturated carbocycles. The number of benzene rings is 3. The molecular formula is C24H22N2O2. The summed E-state index contributed by atoms with van der Waals surface area (Å²) in [4.78, 5) is 27.4. The lowest BCUT2D eigenvalue weighted by Gasteiger charge is -2.20. The first kappa shape index (κ1) is 17.0. The van der Waals surface area contributed by atoms with Gasteiger partial charge in [0, 0.05) is 18.4 Å². The van der Waals surface area contributed by atoms with Crippen LogP contribution in [0.4, 0.5) is 5.69 Å². The number of carbonyl (C=O) groups is 2. The molecule has 140 valence electrons. The molecule has 1 N–H and O–H groups in total. The number of hydrogen-bond donors (Lipinski definition) is 1. The average Bonchev–Trinajstić information content (AvgIpc) is 3.31. The lowest BCUT2D eigenvalue weighted by atomic mass is 10.0. The predicted octanol–water partition coefficient (Wildman–Crippen LogP) is 4.00. The topological polar surface area (TPSA) is 49.4 Å². The number of aryl methyl sites for hydroxylation is 1. The minimum atomic E-state index is -0.306. The highest BCUT2D eigenvalue weighted by atomic mass is 16.2. The Labute approximate surface area is 164 Å². The lowest BCUT2D eigenvalue weighted by Crippen LogP contribution is -2.34. The summed E-state index contributed by atoms with van der Waals surface area (Å²) in [6.45, 7) is 0.438. The van der Waals surface area contributed by atoms with E-state index in [2.05, 4.69) is 17.4 Å². The third-order valence-corrected chi connectivity index (χ3v) is 6.00. The van der Waals surface area contributed by atoms with Crippen LogP contribution in [0.3, 0.4) is 0 Å². The van der Waals surface area contributed by atoms with Crippen LogP contribution in [0.25, 0.3) is 10.8 Å². The number of nitrogens with one attached hydrogen (secondary N) is 1. The van der Waals surface area contributed by atoms with E-state index in [9.17, 15) is 9.59 Å². The molecule has 2 aliphatic rings. The van der Waals surface area contributed by atoms with Gasteiger partial charge in [0.1, 0.15) is 0 Å². The van der Waals surface area contributed by atoms with E-state index in [1.807, 2.05) is 54.6 Å². The first-order valence-corrected chi connectivity index (χ1v) is 9.87. The highest BCUT2D eigenvalue weighted by Crippen LogP contribution is 2.34. The van der Waals surface area contributed by atoms with E-state index in [1.165, 1.54) is 11.1 Å². The van der Waals surface area contributed by atoms with Crippen LogP contribution in [0.5, 0.6) is 0 Å². The highest BCUT2D eigenvalue weighted by Gasteiger charge is 2.37. The molecule has 2 amide bonds. The molecule has 1 saturated heterocycles. The summed E-state index contributed by atoms with van der Waals surface area (Å²) in [5, 5.41) is 5.33.